The van der Waals surface area contributed by atoms with Gasteiger partial charge in [0, 0.05) is 39.0 Å². The Morgan fingerprint density at radius 3 is 2.88 bits per heavy atom. The first-order chi connectivity index (χ1) is 12.8. The molecule has 142 valence electrons. The minimum absolute atomic E-state index is 0.537. The number of hydrogen-bond acceptors (Lipinski definition) is 5. The molecule has 0 bridgehead atoms. The Hall–Kier alpha value is -2.45. The molecule has 0 aliphatic carbocycles. The van der Waals surface area contributed by atoms with Gasteiger partial charge in [-0.2, -0.15) is 0 Å². The minimum Gasteiger partial charge on any atom is -0.357 e. The van der Waals surface area contributed by atoms with Crippen molar-refractivity contribution in [2.24, 2.45) is 4.99 Å². The summed E-state index contributed by atoms with van der Waals surface area (Å²) in [6.07, 6.45) is 7.34. The van der Waals surface area contributed by atoms with Crippen LogP contribution in [0.4, 0.5) is 0 Å². The minimum atomic E-state index is 0.537. The van der Waals surface area contributed by atoms with E-state index in [-0.39, 0.29) is 0 Å². The van der Waals surface area contributed by atoms with Crippen LogP contribution < -0.4 is 10.6 Å². The summed E-state index contributed by atoms with van der Waals surface area (Å²) in [5, 5.41) is 23.4. The first kappa shape index (κ1) is 18.3. The quantitative estimate of drug-likeness (QED) is 0.563. The molecule has 0 saturated heterocycles. The molecular formula is C17H29N9. The Bertz CT molecular complexity index is 716. The highest BCUT2D eigenvalue weighted by atomic mass is 15.3. The summed E-state index contributed by atoms with van der Waals surface area (Å²) in [5.74, 6) is 3.85. The number of rotatable bonds is 7. The third kappa shape index (κ3) is 4.59. The molecule has 2 aromatic rings. The molecule has 3 rings (SSSR count). The maximum absolute atomic E-state index is 4.69. The van der Waals surface area contributed by atoms with Gasteiger partial charge < -0.3 is 19.8 Å². The van der Waals surface area contributed by atoms with Crippen molar-refractivity contribution in [2.75, 3.05) is 13.1 Å². The van der Waals surface area contributed by atoms with Gasteiger partial charge in [-0.25, -0.2) is 4.99 Å². The van der Waals surface area contributed by atoms with Crippen LogP contribution in [0.25, 0.3) is 0 Å². The molecule has 26 heavy (non-hydrogen) atoms. The van der Waals surface area contributed by atoms with Gasteiger partial charge in [0.2, 0.25) is 0 Å². The van der Waals surface area contributed by atoms with Crippen molar-refractivity contribution in [3.05, 3.63) is 23.8 Å². The molecule has 0 spiro atoms. The van der Waals surface area contributed by atoms with E-state index in [4.69, 9.17) is 0 Å². The zero-order chi connectivity index (χ0) is 18.2. The molecule has 0 radical (unpaired) electrons. The van der Waals surface area contributed by atoms with Crippen LogP contribution in [0, 0.1) is 0 Å². The van der Waals surface area contributed by atoms with Crippen molar-refractivity contribution in [1.82, 2.24) is 40.2 Å². The summed E-state index contributed by atoms with van der Waals surface area (Å²) in [6.45, 7) is 8.07. The Morgan fingerprint density at radius 1 is 1.12 bits per heavy atom. The Kier molecular flexibility index (Phi) is 6.56. The topological polar surface area (TPSA) is 97.8 Å². The third-order valence-electron chi connectivity index (χ3n) is 4.57. The van der Waals surface area contributed by atoms with E-state index in [9.17, 15) is 0 Å². The fourth-order valence-corrected chi connectivity index (χ4v) is 3.19. The lowest BCUT2D eigenvalue weighted by Gasteiger charge is -2.12. The molecule has 0 amide bonds. The summed E-state index contributed by atoms with van der Waals surface area (Å²) >= 11 is 0. The van der Waals surface area contributed by atoms with Gasteiger partial charge in [0.1, 0.15) is 24.5 Å². The number of nitrogens with one attached hydrogen (secondary N) is 2. The first-order valence-electron chi connectivity index (χ1n) is 9.61. The smallest absolute Gasteiger partial charge is 0.191 e. The van der Waals surface area contributed by atoms with E-state index in [2.05, 4.69) is 59.0 Å². The standard InChI is InChI=1S/C17H29N9/c1-3-14-22-21-13-25(14)11-9-19-17(18-4-2)20-12-16-24-23-15-8-6-5-7-10-26(15)16/h13H,3-12H2,1-2H3,(H2,18,19,20). The van der Waals surface area contributed by atoms with Crippen LogP contribution in [0.2, 0.25) is 0 Å². The van der Waals surface area contributed by atoms with Gasteiger partial charge in [-0.15, -0.1) is 20.4 Å². The molecule has 0 unspecified atom stereocenters. The molecule has 0 atom stereocenters. The lowest BCUT2D eigenvalue weighted by Crippen LogP contribution is -2.39. The number of fused-ring (bicyclic) bond motifs is 1. The van der Waals surface area contributed by atoms with Crippen LogP contribution >= 0.6 is 0 Å². The summed E-state index contributed by atoms with van der Waals surface area (Å²) in [7, 11) is 0. The fourth-order valence-electron chi connectivity index (χ4n) is 3.19. The second kappa shape index (κ2) is 9.30. The second-order valence-electron chi connectivity index (χ2n) is 6.41. The second-order valence-corrected chi connectivity index (χ2v) is 6.41. The van der Waals surface area contributed by atoms with Gasteiger partial charge in [0.05, 0.1) is 0 Å². The normalized spacial score (nSPS) is 14.8. The predicted octanol–water partition coefficient (Wildman–Crippen LogP) is 0.914. The molecule has 2 N–H and O–H groups in total. The molecule has 0 aromatic carbocycles. The maximum atomic E-state index is 4.69. The molecule has 9 nitrogen and oxygen atoms in total. The van der Waals surface area contributed by atoms with Crippen LogP contribution in [0.5, 0.6) is 0 Å². The van der Waals surface area contributed by atoms with E-state index in [1.54, 1.807) is 6.33 Å². The van der Waals surface area contributed by atoms with E-state index >= 15 is 0 Å². The van der Waals surface area contributed by atoms with Gasteiger partial charge in [-0.3, -0.25) is 0 Å². The molecule has 2 aromatic heterocycles. The number of aryl methyl sites for hydroxylation is 2. The fraction of sp³-hybridized carbons (Fsp3) is 0.706. The van der Waals surface area contributed by atoms with Crippen molar-refractivity contribution in [3.8, 4) is 0 Å². The SMILES string of the molecule is CCNC(=NCc1nnc2n1CCCCC2)NCCn1cnnc1CC. The largest absolute Gasteiger partial charge is 0.357 e. The number of hydrogen-bond donors (Lipinski definition) is 2. The molecule has 0 saturated carbocycles. The lowest BCUT2D eigenvalue weighted by molar-refractivity contribution is 0.604. The number of nitrogens with zero attached hydrogens (tertiary/aromatic N) is 7. The van der Waals surface area contributed by atoms with Crippen molar-refractivity contribution < 1.29 is 0 Å². The van der Waals surface area contributed by atoms with E-state index in [0.717, 1.165) is 62.5 Å². The highest BCUT2D eigenvalue weighted by Gasteiger charge is 2.14. The molecular weight excluding hydrogens is 330 g/mol. The van der Waals surface area contributed by atoms with Gasteiger partial charge in [-0.1, -0.05) is 13.3 Å². The van der Waals surface area contributed by atoms with Gasteiger partial charge >= 0.3 is 0 Å². The first-order valence-corrected chi connectivity index (χ1v) is 9.61. The van der Waals surface area contributed by atoms with E-state index < -0.39 is 0 Å². The third-order valence-corrected chi connectivity index (χ3v) is 4.57. The Labute approximate surface area is 154 Å². The summed E-state index contributed by atoms with van der Waals surface area (Å²) in [5.41, 5.74) is 0. The van der Waals surface area contributed by atoms with Gasteiger partial charge in [0.25, 0.3) is 0 Å². The highest BCUT2D eigenvalue weighted by molar-refractivity contribution is 5.79. The molecule has 1 aliphatic rings. The monoisotopic (exact) mass is 359 g/mol. The van der Waals surface area contributed by atoms with Crippen molar-refractivity contribution in [1.29, 1.82) is 0 Å². The molecule has 1 aliphatic heterocycles. The van der Waals surface area contributed by atoms with Crippen LogP contribution in [0.15, 0.2) is 11.3 Å². The van der Waals surface area contributed by atoms with Crippen molar-refractivity contribution in [2.45, 2.75) is 65.6 Å². The maximum Gasteiger partial charge on any atom is 0.191 e. The molecule has 9 heteroatoms. The van der Waals surface area contributed by atoms with Crippen LogP contribution in [-0.4, -0.2) is 48.6 Å². The van der Waals surface area contributed by atoms with Crippen molar-refractivity contribution in [3.63, 3.8) is 0 Å². The van der Waals surface area contributed by atoms with E-state index in [1.165, 1.54) is 19.3 Å². The average molecular weight is 359 g/mol. The van der Waals surface area contributed by atoms with Crippen LogP contribution in [0.1, 0.15) is 50.6 Å². The summed E-state index contributed by atoms with van der Waals surface area (Å²) in [6, 6.07) is 0. The number of aromatic nitrogens is 6. The number of guanidine groups is 1. The summed E-state index contributed by atoms with van der Waals surface area (Å²) < 4.78 is 4.31. The molecule has 0 fully saturated rings. The van der Waals surface area contributed by atoms with Gasteiger partial charge in [-0.05, 0) is 19.8 Å². The highest BCUT2D eigenvalue weighted by Crippen LogP contribution is 2.14. The Balaban J connectivity index is 1.58. The number of aliphatic imine (C=N–C) groups is 1. The Morgan fingerprint density at radius 2 is 2.04 bits per heavy atom. The zero-order valence-electron chi connectivity index (χ0n) is 15.8. The predicted molar refractivity (Wildman–Crippen MR) is 99.8 cm³/mol. The van der Waals surface area contributed by atoms with E-state index in [1.807, 2.05) is 0 Å². The van der Waals surface area contributed by atoms with E-state index in [0.29, 0.717) is 6.54 Å². The van der Waals surface area contributed by atoms with Crippen LogP contribution in [0.3, 0.4) is 0 Å². The molecule has 3 heterocycles. The zero-order valence-corrected chi connectivity index (χ0v) is 15.8. The van der Waals surface area contributed by atoms with Crippen molar-refractivity contribution >= 4 is 5.96 Å². The summed E-state index contributed by atoms with van der Waals surface area (Å²) in [4.78, 5) is 4.69. The average Bonchev–Trinajstić information content (AvgIpc) is 3.19. The van der Waals surface area contributed by atoms with Crippen LogP contribution in [-0.2, 0) is 32.5 Å². The lowest BCUT2D eigenvalue weighted by atomic mass is 10.2. The van der Waals surface area contributed by atoms with Gasteiger partial charge in [0.15, 0.2) is 11.8 Å².